The van der Waals surface area contributed by atoms with Crippen LogP contribution in [0.1, 0.15) is 27.2 Å². The lowest BCUT2D eigenvalue weighted by Crippen LogP contribution is -2.07. The van der Waals surface area contributed by atoms with Crippen LogP contribution < -0.4 is 0 Å². The number of carbonyl (C=O) groups is 1. The average molecular weight is 323 g/mol. The van der Waals surface area contributed by atoms with Gasteiger partial charge in [-0.05, 0) is 46.5 Å². The lowest BCUT2D eigenvalue weighted by molar-refractivity contribution is 0.0592. The van der Waals surface area contributed by atoms with Crippen LogP contribution in [-0.4, -0.2) is 22.9 Å². The lowest BCUT2D eigenvalue weighted by atomic mass is 10.0. The molecule has 19 heavy (non-hydrogen) atoms. The third-order valence-corrected chi connectivity index (χ3v) is 3.64. The lowest BCUT2D eigenvalue weighted by Gasteiger charge is -2.09. The van der Waals surface area contributed by atoms with Crippen LogP contribution in [0.5, 0.6) is 0 Å². The predicted octanol–water partition coefficient (Wildman–Crippen LogP) is 3.10. The van der Waals surface area contributed by atoms with Crippen molar-refractivity contribution in [3.8, 4) is 0 Å². The quantitative estimate of drug-likeness (QED) is 0.815. The highest BCUT2D eigenvalue weighted by Crippen LogP contribution is 2.19. The molecule has 0 amide bonds. The molecule has 4 nitrogen and oxygen atoms in total. The van der Waals surface area contributed by atoms with E-state index in [1.807, 2.05) is 6.07 Å². The molecule has 0 unspecified atom stereocenters. The van der Waals surface area contributed by atoms with Gasteiger partial charge in [0.15, 0.2) is 5.69 Å². The monoisotopic (exact) mass is 322 g/mol. The van der Waals surface area contributed by atoms with E-state index in [4.69, 9.17) is 0 Å². The van der Waals surface area contributed by atoms with Gasteiger partial charge in [-0.1, -0.05) is 18.2 Å². The molecule has 0 N–H and O–H groups in total. The molecular formula is C14H15BrN2O2. The minimum absolute atomic E-state index is 0.300. The van der Waals surface area contributed by atoms with Gasteiger partial charge in [0.1, 0.15) is 0 Å². The third-order valence-electron chi connectivity index (χ3n) is 3.06. The van der Waals surface area contributed by atoms with Crippen LogP contribution >= 0.6 is 15.9 Å². The molecule has 1 heterocycles. The number of hydrogen-bond acceptors (Lipinski definition) is 3. The molecule has 0 aliphatic rings. The van der Waals surface area contributed by atoms with Crippen LogP contribution in [0.4, 0.5) is 0 Å². The van der Waals surface area contributed by atoms with Gasteiger partial charge in [0.2, 0.25) is 0 Å². The first-order chi connectivity index (χ1) is 9.02. The SMILES string of the molecule is COC(=O)c1nn(Cc2c(C)cccc2C)cc1Br. The Morgan fingerprint density at radius 1 is 1.37 bits per heavy atom. The molecular weight excluding hydrogens is 308 g/mol. The Bertz CT molecular complexity index is 600. The number of esters is 1. The van der Waals surface area contributed by atoms with E-state index in [9.17, 15) is 4.79 Å². The maximum atomic E-state index is 11.5. The molecule has 5 heteroatoms. The summed E-state index contributed by atoms with van der Waals surface area (Å²) in [6, 6.07) is 6.18. The van der Waals surface area contributed by atoms with Gasteiger partial charge >= 0.3 is 5.97 Å². The van der Waals surface area contributed by atoms with Crippen molar-refractivity contribution < 1.29 is 9.53 Å². The molecule has 0 saturated heterocycles. The summed E-state index contributed by atoms with van der Waals surface area (Å²) in [4.78, 5) is 11.5. The zero-order chi connectivity index (χ0) is 14.0. The number of aryl methyl sites for hydroxylation is 2. The summed E-state index contributed by atoms with van der Waals surface area (Å²) < 4.78 is 7.07. The van der Waals surface area contributed by atoms with Crippen LogP contribution in [0.15, 0.2) is 28.9 Å². The number of ether oxygens (including phenoxy) is 1. The molecule has 1 aromatic heterocycles. The standard InChI is InChI=1S/C14H15BrN2O2/c1-9-5-4-6-10(2)11(9)7-17-8-12(15)13(16-17)14(18)19-3/h4-6,8H,7H2,1-3H3. The molecule has 0 saturated carbocycles. The van der Waals surface area contributed by atoms with E-state index in [1.165, 1.54) is 23.8 Å². The second kappa shape index (κ2) is 5.57. The van der Waals surface area contributed by atoms with Gasteiger partial charge in [0.25, 0.3) is 0 Å². The van der Waals surface area contributed by atoms with Gasteiger partial charge in [-0.3, -0.25) is 4.68 Å². The number of carbonyl (C=O) groups excluding carboxylic acids is 1. The highest BCUT2D eigenvalue weighted by atomic mass is 79.9. The van der Waals surface area contributed by atoms with Crippen LogP contribution in [0.2, 0.25) is 0 Å². The Kier molecular flexibility index (Phi) is 4.04. The van der Waals surface area contributed by atoms with Gasteiger partial charge in [-0.15, -0.1) is 0 Å². The largest absolute Gasteiger partial charge is 0.464 e. The van der Waals surface area contributed by atoms with E-state index in [1.54, 1.807) is 10.9 Å². The predicted molar refractivity (Wildman–Crippen MR) is 76.3 cm³/mol. The van der Waals surface area contributed by atoms with Gasteiger partial charge < -0.3 is 4.74 Å². The highest BCUT2D eigenvalue weighted by Gasteiger charge is 2.16. The first-order valence-corrected chi connectivity index (χ1v) is 6.68. The van der Waals surface area contributed by atoms with Crippen molar-refractivity contribution in [3.63, 3.8) is 0 Å². The van der Waals surface area contributed by atoms with E-state index in [0.29, 0.717) is 16.7 Å². The fourth-order valence-corrected chi connectivity index (χ4v) is 2.45. The minimum atomic E-state index is -0.438. The smallest absolute Gasteiger partial charge is 0.359 e. The maximum Gasteiger partial charge on any atom is 0.359 e. The van der Waals surface area contributed by atoms with Crippen LogP contribution in [-0.2, 0) is 11.3 Å². The Labute approximate surface area is 120 Å². The number of nitrogens with zero attached hydrogens (tertiary/aromatic N) is 2. The molecule has 2 aromatic rings. The number of halogens is 1. The van der Waals surface area contributed by atoms with Crippen LogP contribution in [0, 0.1) is 13.8 Å². The number of benzene rings is 1. The van der Waals surface area contributed by atoms with E-state index >= 15 is 0 Å². The summed E-state index contributed by atoms with van der Waals surface area (Å²) in [7, 11) is 1.35. The fourth-order valence-electron chi connectivity index (χ4n) is 1.97. The second-order valence-electron chi connectivity index (χ2n) is 4.39. The van der Waals surface area contributed by atoms with Crippen molar-refractivity contribution in [2.75, 3.05) is 7.11 Å². The third kappa shape index (κ3) is 2.87. The summed E-state index contributed by atoms with van der Waals surface area (Å²) >= 11 is 3.32. The van der Waals surface area contributed by atoms with Crippen molar-refractivity contribution in [1.29, 1.82) is 0 Å². The summed E-state index contributed by atoms with van der Waals surface area (Å²) in [6.07, 6.45) is 1.79. The second-order valence-corrected chi connectivity index (χ2v) is 5.24. The average Bonchev–Trinajstić information content (AvgIpc) is 2.74. The summed E-state index contributed by atoms with van der Waals surface area (Å²) in [5.41, 5.74) is 3.94. The number of rotatable bonds is 3. The van der Waals surface area contributed by atoms with Crippen molar-refractivity contribution in [3.05, 3.63) is 51.3 Å². The number of aromatic nitrogens is 2. The Morgan fingerprint density at radius 2 is 2.00 bits per heavy atom. The summed E-state index contributed by atoms with van der Waals surface area (Å²) in [6.45, 7) is 4.78. The Hall–Kier alpha value is -1.62. The molecule has 0 aliphatic heterocycles. The highest BCUT2D eigenvalue weighted by molar-refractivity contribution is 9.10. The zero-order valence-electron chi connectivity index (χ0n) is 11.1. The van der Waals surface area contributed by atoms with Crippen molar-refractivity contribution in [1.82, 2.24) is 9.78 Å². The molecule has 2 rings (SSSR count). The van der Waals surface area contributed by atoms with Gasteiger partial charge in [0, 0.05) is 6.20 Å². The van der Waals surface area contributed by atoms with E-state index < -0.39 is 5.97 Å². The summed E-state index contributed by atoms with van der Waals surface area (Å²) in [5.74, 6) is -0.438. The van der Waals surface area contributed by atoms with Gasteiger partial charge in [-0.25, -0.2) is 4.79 Å². The topological polar surface area (TPSA) is 44.1 Å². The van der Waals surface area contributed by atoms with E-state index in [2.05, 4.69) is 51.7 Å². The Morgan fingerprint density at radius 3 is 2.58 bits per heavy atom. The molecule has 0 atom stereocenters. The van der Waals surface area contributed by atoms with Gasteiger partial charge in [-0.2, -0.15) is 5.10 Å². The number of hydrogen-bond donors (Lipinski definition) is 0. The fraction of sp³-hybridized carbons (Fsp3) is 0.286. The normalized spacial score (nSPS) is 10.5. The summed E-state index contributed by atoms with van der Waals surface area (Å²) in [5, 5.41) is 4.25. The molecule has 0 spiro atoms. The maximum absolute atomic E-state index is 11.5. The minimum Gasteiger partial charge on any atom is -0.464 e. The van der Waals surface area contributed by atoms with Crippen LogP contribution in [0.25, 0.3) is 0 Å². The number of methoxy groups -OCH3 is 1. The molecule has 0 bridgehead atoms. The van der Waals surface area contributed by atoms with Gasteiger partial charge in [0.05, 0.1) is 18.1 Å². The molecule has 1 aromatic carbocycles. The zero-order valence-corrected chi connectivity index (χ0v) is 12.7. The van der Waals surface area contributed by atoms with Crippen molar-refractivity contribution in [2.45, 2.75) is 20.4 Å². The molecule has 0 radical (unpaired) electrons. The van der Waals surface area contributed by atoms with Crippen molar-refractivity contribution >= 4 is 21.9 Å². The molecule has 0 aliphatic carbocycles. The van der Waals surface area contributed by atoms with Crippen molar-refractivity contribution in [2.24, 2.45) is 0 Å². The molecule has 100 valence electrons. The van der Waals surface area contributed by atoms with Crippen LogP contribution in [0.3, 0.4) is 0 Å². The molecule has 0 fully saturated rings. The first kappa shape index (κ1) is 13.8. The van der Waals surface area contributed by atoms with E-state index in [0.717, 1.165) is 0 Å². The van der Waals surface area contributed by atoms with E-state index in [-0.39, 0.29) is 0 Å². The first-order valence-electron chi connectivity index (χ1n) is 5.89. The Balaban J connectivity index is 2.32.